The van der Waals surface area contributed by atoms with Crippen LogP contribution in [0.3, 0.4) is 0 Å². The van der Waals surface area contributed by atoms with E-state index in [9.17, 15) is 9.90 Å². The maximum absolute atomic E-state index is 12.8. The van der Waals surface area contributed by atoms with E-state index in [0.29, 0.717) is 25.2 Å². The molecule has 0 aliphatic heterocycles. The first-order valence-electron chi connectivity index (χ1n) is 8.79. The lowest BCUT2D eigenvalue weighted by Gasteiger charge is -2.41. The Bertz CT molecular complexity index is 323. The molecule has 0 aromatic rings. The highest BCUT2D eigenvalue weighted by atomic mass is 16.3. The molecule has 21 heavy (non-hydrogen) atoms. The SMILES string of the molecule is CC(C)N(C(=O)CN(CCO)C1CCC1)C1CCCCC1. The van der Waals surface area contributed by atoms with Crippen LogP contribution in [-0.2, 0) is 4.79 Å². The fourth-order valence-electron chi connectivity index (χ4n) is 3.80. The molecule has 2 saturated carbocycles. The number of aliphatic hydroxyl groups is 1. The highest BCUT2D eigenvalue weighted by Crippen LogP contribution is 2.27. The fourth-order valence-corrected chi connectivity index (χ4v) is 3.80. The van der Waals surface area contributed by atoms with Gasteiger partial charge in [0.05, 0.1) is 13.2 Å². The van der Waals surface area contributed by atoms with Gasteiger partial charge in [-0.2, -0.15) is 0 Å². The van der Waals surface area contributed by atoms with Gasteiger partial charge in [-0.15, -0.1) is 0 Å². The monoisotopic (exact) mass is 296 g/mol. The normalized spacial score (nSPS) is 20.8. The summed E-state index contributed by atoms with van der Waals surface area (Å²) in [7, 11) is 0. The summed E-state index contributed by atoms with van der Waals surface area (Å²) in [6.45, 7) is 5.53. The molecule has 0 aromatic carbocycles. The number of rotatable bonds is 7. The summed E-state index contributed by atoms with van der Waals surface area (Å²) in [6.07, 6.45) is 9.76. The van der Waals surface area contributed by atoms with Crippen LogP contribution in [0.25, 0.3) is 0 Å². The average Bonchev–Trinajstić information content (AvgIpc) is 2.37. The van der Waals surface area contributed by atoms with E-state index in [-0.39, 0.29) is 18.6 Å². The third-order valence-corrected chi connectivity index (χ3v) is 5.13. The van der Waals surface area contributed by atoms with Crippen LogP contribution in [0.1, 0.15) is 65.2 Å². The minimum Gasteiger partial charge on any atom is -0.395 e. The van der Waals surface area contributed by atoms with E-state index in [2.05, 4.69) is 23.6 Å². The van der Waals surface area contributed by atoms with Gasteiger partial charge in [0.2, 0.25) is 5.91 Å². The van der Waals surface area contributed by atoms with Gasteiger partial charge in [0.25, 0.3) is 0 Å². The van der Waals surface area contributed by atoms with Crippen molar-refractivity contribution < 1.29 is 9.90 Å². The van der Waals surface area contributed by atoms with Crippen molar-refractivity contribution in [1.82, 2.24) is 9.80 Å². The minimum atomic E-state index is 0.148. The molecule has 0 unspecified atom stereocenters. The van der Waals surface area contributed by atoms with E-state index in [1.807, 2.05) is 0 Å². The van der Waals surface area contributed by atoms with Crippen LogP contribution in [0.5, 0.6) is 0 Å². The van der Waals surface area contributed by atoms with Crippen molar-refractivity contribution in [1.29, 1.82) is 0 Å². The van der Waals surface area contributed by atoms with Crippen molar-refractivity contribution in [3.05, 3.63) is 0 Å². The van der Waals surface area contributed by atoms with Crippen LogP contribution in [-0.4, -0.2) is 58.6 Å². The lowest BCUT2D eigenvalue weighted by molar-refractivity contribution is -0.138. The van der Waals surface area contributed by atoms with Gasteiger partial charge in [-0.25, -0.2) is 0 Å². The molecule has 0 bridgehead atoms. The molecule has 0 radical (unpaired) electrons. The number of nitrogens with zero attached hydrogens (tertiary/aromatic N) is 2. The van der Waals surface area contributed by atoms with Crippen LogP contribution < -0.4 is 0 Å². The van der Waals surface area contributed by atoms with Gasteiger partial charge < -0.3 is 10.0 Å². The second kappa shape index (κ2) is 8.14. The Kier molecular flexibility index (Phi) is 6.49. The quantitative estimate of drug-likeness (QED) is 0.784. The van der Waals surface area contributed by atoms with E-state index >= 15 is 0 Å². The molecule has 2 fully saturated rings. The number of aliphatic hydroxyl groups excluding tert-OH is 1. The van der Waals surface area contributed by atoms with Crippen molar-refractivity contribution in [3.8, 4) is 0 Å². The lowest BCUT2D eigenvalue weighted by Crippen LogP contribution is -2.52. The zero-order valence-corrected chi connectivity index (χ0v) is 13.8. The predicted molar refractivity (Wildman–Crippen MR) is 85.2 cm³/mol. The maximum Gasteiger partial charge on any atom is 0.237 e. The van der Waals surface area contributed by atoms with Gasteiger partial charge in [0, 0.05) is 24.7 Å². The van der Waals surface area contributed by atoms with E-state index < -0.39 is 0 Å². The summed E-state index contributed by atoms with van der Waals surface area (Å²) in [6, 6.07) is 1.23. The smallest absolute Gasteiger partial charge is 0.237 e. The van der Waals surface area contributed by atoms with Crippen LogP contribution in [0, 0.1) is 0 Å². The Morgan fingerprint density at radius 1 is 1.05 bits per heavy atom. The summed E-state index contributed by atoms with van der Waals surface area (Å²) in [5.41, 5.74) is 0. The van der Waals surface area contributed by atoms with Gasteiger partial charge in [0.15, 0.2) is 0 Å². The van der Waals surface area contributed by atoms with Crippen LogP contribution in [0.15, 0.2) is 0 Å². The van der Waals surface area contributed by atoms with Crippen LogP contribution in [0.4, 0.5) is 0 Å². The van der Waals surface area contributed by atoms with E-state index in [1.54, 1.807) is 0 Å². The van der Waals surface area contributed by atoms with Gasteiger partial charge in [-0.05, 0) is 39.5 Å². The molecule has 0 aromatic heterocycles. The van der Waals surface area contributed by atoms with Gasteiger partial charge >= 0.3 is 0 Å². The molecule has 0 atom stereocenters. The second-order valence-corrected chi connectivity index (χ2v) is 6.97. The summed E-state index contributed by atoms with van der Waals surface area (Å²) in [4.78, 5) is 17.1. The predicted octanol–water partition coefficient (Wildman–Crippen LogP) is 2.40. The topological polar surface area (TPSA) is 43.8 Å². The Morgan fingerprint density at radius 3 is 2.14 bits per heavy atom. The molecule has 0 spiro atoms. The largest absolute Gasteiger partial charge is 0.395 e. The molecule has 2 aliphatic rings. The molecule has 2 rings (SSSR count). The van der Waals surface area contributed by atoms with Crippen molar-refractivity contribution in [2.45, 2.75) is 83.3 Å². The first-order valence-corrected chi connectivity index (χ1v) is 8.79. The fraction of sp³-hybridized carbons (Fsp3) is 0.941. The molecule has 1 N–H and O–H groups in total. The van der Waals surface area contributed by atoms with E-state index in [1.165, 1.54) is 38.5 Å². The van der Waals surface area contributed by atoms with Gasteiger partial charge in [0.1, 0.15) is 0 Å². The standard InChI is InChI=1S/C17H32N2O2/c1-14(2)19(16-7-4-3-5-8-16)17(21)13-18(11-12-20)15-9-6-10-15/h14-16,20H,3-13H2,1-2H3. The molecule has 4 nitrogen and oxygen atoms in total. The summed E-state index contributed by atoms with van der Waals surface area (Å²) in [5, 5.41) is 9.25. The number of amides is 1. The second-order valence-electron chi connectivity index (χ2n) is 6.97. The van der Waals surface area contributed by atoms with Crippen molar-refractivity contribution in [3.63, 3.8) is 0 Å². The Hall–Kier alpha value is -0.610. The van der Waals surface area contributed by atoms with Gasteiger partial charge in [-0.3, -0.25) is 9.69 Å². The number of hydrogen-bond donors (Lipinski definition) is 1. The number of carbonyl (C=O) groups is 1. The molecule has 122 valence electrons. The number of carbonyl (C=O) groups excluding carboxylic acids is 1. The molecular weight excluding hydrogens is 264 g/mol. The Labute approximate surface area is 129 Å². The van der Waals surface area contributed by atoms with Gasteiger partial charge in [-0.1, -0.05) is 25.7 Å². The lowest BCUT2D eigenvalue weighted by atomic mass is 9.91. The highest BCUT2D eigenvalue weighted by molar-refractivity contribution is 5.79. The Morgan fingerprint density at radius 2 is 1.67 bits per heavy atom. The summed E-state index contributed by atoms with van der Waals surface area (Å²) < 4.78 is 0. The average molecular weight is 296 g/mol. The summed E-state index contributed by atoms with van der Waals surface area (Å²) >= 11 is 0. The van der Waals surface area contributed by atoms with Crippen LogP contribution in [0.2, 0.25) is 0 Å². The zero-order valence-electron chi connectivity index (χ0n) is 13.8. The maximum atomic E-state index is 12.8. The third kappa shape index (κ3) is 4.43. The highest BCUT2D eigenvalue weighted by Gasteiger charge is 2.31. The number of hydrogen-bond acceptors (Lipinski definition) is 3. The minimum absolute atomic E-state index is 0.148. The molecule has 4 heteroatoms. The van der Waals surface area contributed by atoms with Crippen molar-refractivity contribution in [2.24, 2.45) is 0 Å². The Balaban J connectivity index is 1.95. The summed E-state index contributed by atoms with van der Waals surface area (Å²) in [5.74, 6) is 0.261. The van der Waals surface area contributed by atoms with Crippen molar-refractivity contribution in [2.75, 3.05) is 19.7 Å². The molecule has 2 aliphatic carbocycles. The molecule has 0 heterocycles. The first-order chi connectivity index (χ1) is 10.1. The molecule has 1 amide bonds. The van der Waals surface area contributed by atoms with E-state index in [4.69, 9.17) is 0 Å². The molecular formula is C17H32N2O2. The van der Waals surface area contributed by atoms with Crippen LogP contribution >= 0.6 is 0 Å². The van der Waals surface area contributed by atoms with E-state index in [0.717, 1.165) is 12.8 Å². The first kappa shape index (κ1) is 16.8. The molecule has 0 saturated heterocycles. The zero-order chi connectivity index (χ0) is 15.2. The van der Waals surface area contributed by atoms with Crippen molar-refractivity contribution >= 4 is 5.91 Å². The third-order valence-electron chi connectivity index (χ3n) is 5.13.